The Morgan fingerprint density at radius 3 is 2.43 bits per heavy atom. The van der Waals surface area contributed by atoms with Crippen molar-refractivity contribution in [2.24, 2.45) is 7.05 Å². The van der Waals surface area contributed by atoms with Crippen LogP contribution in [0.25, 0.3) is 0 Å². The number of nitrogens with zero attached hydrogens (tertiary/aromatic N) is 2. The molecule has 0 radical (unpaired) electrons. The van der Waals surface area contributed by atoms with Gasteiger partial charge in [0.15, 0.2) is 0 Å². The number of halogens is 4. The molecule has 0 saturated carbocycles. The van der Waals surface area contributed by atoms with Crippen molar-refractivity contribution >= 4 is 21.6 Å². The highest BCUT2D eigenvalue weighted by atomic mass is 32.2. The van der Waals surface area contributed by atoms with Crippen LogP contribution in [-0.2, 0) is 17.1 Å². The molecule has 2 rings (SSSR count). The van der Waals surface area contributed by atoms with E-state index in [1.807, 2.05) is 0 Å². The number of aromatic nitrogens is 1. The van der Waals surface area contributed by atoms with E-state index in [0.717, 1.165) is 27.6 Å². The lowest BCUT2D eigenvalue weighted by Gasteiger charge is -2.26. The van der Waals surface area contributed by atoms with Crippen molar-refractivity contribution in [1.29, 1.82) is 5.26 Å². The summed E-state index contributed by atoms with van der Waals surface area (Å²) in [5, 5.41) is 20.6. The van der Waals surface area contributed by atoms with E-state index >= 15 is 0 Å². The van der Waals surface area contributed by atoms with Gasteiger partial charge in [-0.25, -0.2) is 12.8 Å². The van der Waals surface area contributed by atoms with E-state index in [9.17, 15) is 35.9 Å². The van der Waals surface area contributed by atoms with E-state index in [2.05, 4.69) is 5.32 Å². The second-order valence-electron chi connectivity index (χ2n) is 6.51. The number of rotatable bonds is 5. The second-order valence-corrected chi connectivity index (χ2v) is 8.16. The first-order valence-corrected chi connectivity index (χ1v) is 9.59. The second kappa shape index (κ2) is 7.71. The molecule has 30 heavy (non-hydrogen) atoms. The number of amides is 1. The van der Waals surface area contributed by atoms with Gasteiger partial charge in [0.25, 0.3) is 5.91 Å². The molecular formula is C17H16F4N4O4S. The van der Waals surface area contributed by atoms with Gasteiger partial charge >= 0.3 is 6.18 Å². The number of carbonyl (C=O) groups is 1. The SMILES string of the molecule is Cc1c(S(=O)(=O)N[C@@](C)(O)C(F)(F)F)cn(C)c1C(=O)Nc1ccc(F)c(C#N)c1. The van der Waals surface area contributed by atoms with Gasteiger partial charge in [0.1, 0.15) is 22.5 Å². The van der Waals surface area contributed by atoms with Gasteiger partial charge in [0, 0.05) is 18.9 Å². The van der Waals surface area contributed by atoms with E-state index in [1.54, 1.807) is 6.07 Å². The van der Waals surface area contributed by atoms with E-state index in [1.165, 1.54) is 20.0 Å². The number of nitriles is 1. The molecule has 0 fully saturated rings. The number of alkyl halides is 3. The minimum atomic E-state index is -5.29. The molecule has 0 spiro atoms. The Kier molecular flexibility index (Phi) is 5.99. The minimum absolute atomic E-state index is 0.0427. The fraction of sp³-hybridized carbons (Fsp3) is 0.294. The molecule has 0 unspecified atom stereocenters. The highest BCUT2D eigenvalue weighted by Crippen LogP contribution is 2.30. The summed E-state index contributed by atoms with van der Waals surface area (Å²) in [4.78, 5) is 11.9. The summed E-state index contributed by atoms with van der Waals surface area (Å²) in [5.74, 6) is -1.66. The van der Waals surface area contributed by atoms with Gasteiger partial charge in [-0.1, -0.05) is 0 Å². The lowest BCUT2D eigenvalue weighted by molar-refractivity contribution is -0.257. The molecule has 162 valence electrons. The maximum absolute atomic E-state index is 13.4. The summed E-state index contributed by atoms with van der Waals surface area (Å²) in [7, 11) is -3.58. The van der Waals surface area contributed by atoms with Crippen molar-refractivity contribution in [1.82, 2.24) is 9.29 Å². The lowest BCUT2D eigenvalue weighted by Crippen LogP contribution is -2.56. The summed E-state index contributed by atoms with van der Waals surface area (Å²) >= 11 is 0. The number of nitrogens with one attached hydrogen (secondary N) is 2. The Bertz CT molecular complexity index is 1150. The smallest absolute Gasteiger partial charge is 0.367 e. The van der Waals surface area contributed by atoms with Crippen molar-refractivity contribution in [3.63, 3.8) is 0 Å². The Morgan fingerprint density at radius 2 is 1.90 bits per heavy atom. The first kappa shape index (κ1) is 23.3. The molecule has 0 aliphatic carbocycles. The average Bonchev–Trinajstić information content (AvgIpc) is 2.90. The molecule has 0 aliphatic rings. The zero-order valence-electron chi connectivity index (χ0n) is 15.8. The summed E-state index contributed by atoms with van der Waals surface area (Å²) in [6, 6.07) is 4.78. The first-order valence-electron chi connectivity index (χ1n) is 8.10. The summed E-state index contributed by atoms with van der Waals surface area (Å²) < 4.78 is 78.9. The van der Waals surface area contributed by atoms with Crippen LogP contribution in [0.2, 0.25) is 0 Å². The predicted octanol–water partition coefficient (Wildman–Crippen LogP) is 2.15. The van der Waals surface area contributed by atoms with Crippen LogP contribution >= 0.6 is 0 Å². The molecule has 8 nitrogen and oxygen atoms in total. The van der Waals surface area contributed by atoms with Crippen molar-refractivity contribution in [2.75, 3.05) is 5.32 Å². The number of hydrogen-bond donors (Lipinski definition) is 3. The van der Waals surface area contributed by atoms with Crippen LogP contribution in [0.5, 0.6) is 0 Å². The van der Waals surface area contributed by atoms with Crippen LogP contribution in [-0.4, -0.2) is 35.9 Å². The van der Waals surface area contributed by atoms with Crippen LogP contribution in [0, 0.1) is 24.1 Å². The Morgan fingerprint density at radius 1 is 1.30 bits per heavy atom. The number of anilines is 1. The van der Waals surface area contributed by atoms with Crippen molar-refractivity contribution in [3.05, 3.63) is 47.0 Å². The van der Waals surface area contributed by atoms with Gasteiger partial charge in [0.05, 0.1) is 5.56 Å². The van der Waals surface area contributed by atoms with Crippen LogP contribution < -0.4 is 10.0 Å². The number of aliphatic hydroxyl groups is 1. The molecule has 2 aromatic rings. The number of benzene rings is 1. The van der Waals surface area contributed by atoms with E-state index in [0.29, 0.717) is 0 Å². The van der Waals surface area contributed by atoms with Crippen molar-refractivity contribution in [2.45, 2.75) is 30.6 Å². The molecule has 1 amide bonds. The van der Waals surface area contributed by atoms with E-state index in [4.69, 9.17) is 5.26 Å². The van der Waals surface area contributed by atoms with Gasteiger partial charge in [0.2, 0.25) is 15.7 Å². The molecule has 0 aliphatic heterocycles. The van der Waals surface area contributed by atoms with Gasteiger partial charge in [-0.05, 0) is 37.6 Å². The van der Waals surface area contributed by atoms with Gasteiger partial charge < -0.3 is 15.0 Å². The first-order chi connectivity index (χ1) is 13.6. The fourth-order valence-corrected chi connectivity index (χ4v) is 4.12. The third kappa shape index (κ3) is 4.45. The van der Waals surface area contributed by atoms with Crippen molar-refractivity contribution in [3.8, 4) is 6.07 Å². The summed E-state index contributed by atoms with van der Waals surface area (Å²) in [5.41, 5.74) is -4.44. The summed E-state index contributed by atoms with van der Waals surface area (Å²) in [6.45, 7) is 1.43. The molecular weight excluding hydrogens is 432 g/mol. The van der Waals surface area contributed by atoms with Crippen LogP contribution in [0.1, 0.15) is 28.5 Å². The monoisotopic (exact) mass is 448 g/mol. The standard InChI is InChI=1S/C17H16F4N4O4S/c1-9-13(30(28,29)24-16(2,27)17(19,20)21)8-25(3)14(9)15(26)23-11-4-5-12(18)10(6-11)7-22/h4-6,8,24,27H,1-3H3,(H,23,26)/t16-/m0/s1. The van der Waals surface area contributed by atoms with Gasteiger partial charge in [-0.3, -0.25) is 4.79 Å². The third-order valence-corrected chi connectivity index (χ3v) is 5.78. The Hall–Kier alpha value is -2.95. The molecule has 13 heteroatoms. The van der Waals surface area contributed by atoms with Crippen LogP contribution in [0.4, 0.5) is 23.2 Å². The molecule has 1 aromatic heterocycles. The third-order valence-electron chi connectivity index (χ3n) is 4.12. The van der Waals surface area contributed by atoms with E-state index < -0.39 is 38.5 Å². The predicted molar refractivity (Wildman–Crippen MR) is 96.2 cm³/mol. The molecule has 1 heterocycles. The number of carbonyl (C=O) groups excluding carboxylic acids is 1. The Labute approximate surface area is 168 Å². The molecule has 3 N–H and O–H groups in total. The number of aryl methyl sites for hydroxylation is 1. The van der Waals surface area contributed by atoms with Crippen LogP contribution in [0.3, 0.4) is 0 Å². The maximum atomic E-state index is 13.4. The maximum Gasteiger partial charge on any atom is 0.431 e. The molecule has 1 aromatic carbocycles. The number of sulfonamides is 1. The molecule has 0 saturated heterocycles. The van der Waals surface area contributed by atoms with Crippen LogP contribution in [0.15, 0.2) is 29.3 Å². The van der Waals surface area contributed by atoms with Gasteiger partial charge in [-0.2, -0.15) is 23.2 Å². The fourth-order valence-electron chi connectivity index (χ4n) is 2.57. The minimum Gasteiger partial charge on any atom is -0.367 e. The molecule has 0 bridgehead atoms. The largest absolute Gasteiger partial charge is 0.431 e. The highest BCUT2D eigenvalue weighted by Gasteiger charge is 2.52. The average molecular weight is 448 g/mol. The highest BCUT2D eigenvalue weighted by molar-refractivity contribution is 7.89. The normalized spacial score (nSPS) is 14.1. The lowest BCUT2D eigenvalue weighted by atomic mass is 10.2. The molecule has 1 atom stereocenters. The zero-order chi connectivity index (χ0) is 23.1. The Balaban J connectivity index is 2.40. The van der Waals surface area contributed by atoms with Gasteiger partial charge in [-0.15, -0.1) is 0 Å². The quantitative estimate of drug-likeness (QED) is 0.478. The topological polar surface area (TPSA) is 124 Å². The van der Waals surface area contributed by atoms with Crippen molar-refractivity contribution < 1.29 is 35.9 Å². The number of hydrogen-bond acceptors (Lipinski definition) is 5. The summed E-state index contributed by atoms with van der Waals surface area (Å²) in [6.07, 6.45) is -4.38. The van der Waals surface area contributed by atoms with E-state index in [-0.39, 0.29) is 29.4 Å². The zero-order valence-corrected chi connectivity index (χ0v) is 16.6.